The Balaban J connectivity index is 3.06. The van der Waals surface area contributed by atoms with Crippen molar-refractivity contribution in [1.29, 1.82) is 0 Å². The lowest BCUT2D eigenvalue weighted by atomic mass is 10.1. The SMILES string of the molecule is CCOC(=O)c1cnc(N(CCO)C(CC)CC)nc1C. The van der Waals surface area contributed by atoms with Crippen LogP contribution in [0, 0.1) is 6.92 Å². The molecular weight excluding hydrogens is 270 g/mol. The number of aliphatic hydroxyl groups is 1. The molecule has 0 saturated carbocycles. The van der Waals surface area contributed by atoms with Crippen LogP contribution in [0.3, 0.4) is 0 Å². The van der Waals surface area contributed by atoms with Gasteiger partial charge in [0.15, 0.2) is 0 Å². The number of aliphatic hydroxyl groups excluding tert-OH is 1. The molecule has 0 unspecified atom stereocenters. The molecular formula is C15H25N3O3. The molecule has 0 amide bonds. The highest BCUT2D eigenvalue weighted by molar-refractivity contribution is 5.90. The van der Waals surface area contributed by atoms with Crippen LogP contribution >= 0.6 is 0 Å². The number of ether oxygens (including phenoxy) is 1. The Labute approximate surface area is 126 Å². The highest BCUT2D eigenvalue weighted by atomic mass is 16.5. The fraction of sp³-hybridized carbons (Fsp3) is 0.667. The van der Waals surface area contributed by atoms with Gasteiger partial charge in [0.2, 0.25) is 5.95 Å². The molecule has 0 bridgehead atoms. The first kappa shape index (κ1) is 17.4. The van der Waals surface area contributed by atoms with Gasteiger partial charge in [-0.15, -0.1) is 0 Å². The summed E-state index contributed by atoms with van der Waals surface area (Å²) < 4.78 is 4.97. The summed E-state index contributed by atoms with van der Waals surface area (Å²) in [5.41, 5.74) is 0.974. The lowest BCUT2D eigenvalue weighted by Crippen LogP contribution is -2.38. The highest BCUT2D eigenvalue weighted by Crippen LogP contribution is 2.18. The van der Waals surface area contributed by atoms with E-state index in [4.69, 9.17) is 4.74 Å². The molecule has 1 heterocycles. The van der Waals surface area contributed by atoms with Gasteiger partial charge in [-0.25, -0.2) is 14.8 Å². The van der Waals surface area contributed by atoms with Crippen LogP contribution in [0.4, 0.5) is 5.95 Å². The Morgan fingerprint density at radius 3 is 2.52 bits per heavy atom. The maximum absolute atomic E-state index is 11.8. The van der Waals surface area contributed by atoms with E-state index in [0.717, 1.165) is 12.8 Å². The number of esters is 1. The molecule has 6 nitrogen and oxygen atoms in total. The number of aryl methyl sites for hydroxylation is 1. The Morgan fingerprint density at radius 1 is 1.38 bits per heavy atom. The van der Waals surface area contributed by atoms with Crippen molar-refractivity contribution in [3.63, 3.8) is 0 Å². The van der Waals surface area contributed by atoms with Gasteiger partial charge in [0.25, 0.3) is 0 Å². The van der Waals surface area contributed by atoms with Crippen LogP contribution in [-0.4, -0.2) is 46.8 Å². The minimum Gasteiger partial charge on any atom is -0.462 e. The van der Waals surface area contributed by atoms with E-state index in [9.17, 15) is 9.90 Å². The number of nitrogens with zero attached hydrogens (tertiary/aromatic N) is 3. The minimum atomic E-state index is -0.405. The second-order valence-corrected chi connectivity index (χ2v) is 4.78. The second-order valence-electron chi connectivity index (χ2n) is 4.78. The first-order valence-electron chi connectivity index (χ1n) is 7.47. The maximum atomic E-state index is 11.8. The van der Waals surface area contributed by atoms with Crippen LogP contribution in [0.1, 0.15) is 49.7 Å². The number of aromatic nitrogens is 2. The average molecular weight is 295 g/mol. The summed E-state index contributed by atoms with van der Waals surface area (Å²) >= 11 is 0. The van der Waals surface area contributed by atoms with E-state index in [1.807, 2.05) is 4.90 Å². The molecule has 0 aliphatic rings. The molecule has 1 N–H and O–H groups in total. The van der Waals surface area contributed by atoms with Crippen molar-refractivity contribution < 1.29 is 14.6 Å². The van der Waals surface area contributed by atoms with Crippen molar-refractivity contribution in [3.05, 3.63) is 17.5 Å². The first-order chi connectivity index (χ1) is 10.1. The van der Waals surface area contributed by atoms with Gasteiger partial charge in [0, 0.05) is 18.8 Å². The molecule has 0 aliphatic heterocycles. The van der Waals surface area contributed by atoms with Gasteiger partial charge in [-0.05, 0) is 26.7 Å². The minimum absolute atomic E-state index is 0.0402. The molecule has 0 radical (unpaired) electrons. The van der Waals surface area contributed by atoms with Crippen LogP contribution in [-0.2, 0) is 4.74 Å². The monoisotopic (exact) mass is 295 g/mol. The molecule has 0 aromatic carbocycles. The Kier molecular flexibility index (Phi) is 7.08. The van der Waals surface area contributed by atoms with Gasteiger partial charge in [0.1, 0.15) is 0 Å². The normalized spacial score (nSPS) is 10.8. The third-order valence-electron chi connectivity index (χ3n) is 3.44. The van der Waals surface area contributed by atoms with Crippen molar-refractivity contribution in [1.82, 2.24) is 9.97 Å². The Morgan fingerprint density at radius 2 is 2.05 bits per heavy atom. The molecule has 0 spiro atoms. The standard InChI is InChI=1S/C15H25N3O3/c1-5-12(6-2)18(8-9-19)15-16-10-13(11(4)17-15)14(20)21-7-3/h10,12,19H,5-9H2,1-4H3. The summed E-state index contributed by atoms with van der Waals surface area (Å²) in [5, 5.41) is 9.25. The van der Waals surface area contributed by atoms with Crippen LogP contribution in [0.15, 0.2) is 6.20 Å². The number of rotatable bonds is 8. The predicted octanol–water partition coefficient (Wildman–Crippen LogP) is 1.95. The average Bonchev–Trinajstić information content (AvgIpc) is 2.47. The van der Waals surface area contributed by atoms with Gasteiger partial charge in [0.05, 0.1) is 24.5 Å². The zero-order chi connectivity index (χ0) is 15.8. The third-order valence-corrected chi connectivity index (χ3v) is 3.44. The molecule has 118 valence electrons. The summed E-state index contributed by atoms with van der Waals surface area (Å²) in [5.74, 6) is 0.140. The summed E-state index contributed by atoms with van der Waals surface area (Å²) in [6, 6.07) is 0.269. The van der Waals surface area contributed by atoms with E-state index in [1.165, 1.54) is 6.20 Å². The van der Waals surface area contributed by atoms with Gasteiger partial charge in [-0.1, -0.05) is 13.8 Å². The summed E-state index contributed by atoms with van der Waals surface area (Å²) in [6.07, 6.45) is 3.39. The van der Waals surface area contributed by atoms with Crippen molar-refractivity contribution in [2.24, 2.45) is 0 Å². The van der Waals surface area contributed by atoms with Crippen molar-refractivity contribution in [3.8, 4) is 0 Å². The second kappa shape index (κ2) is 8.56. The van der Waals surface area contributed by atoms with Crippen molar-refractivity contribution >= 4 is 11.9 Å². The van der Waals surface area contributed by atoms with E-state index >= 15 is 0 Å². The van der Waals surface area contributed by atoms with E-state index < -0.39 is 5.97 Å². The third kappa shape index (κ3) is 4.39. The molecule has 1 aromatic rings. The number of hydrogen-bond donors (Lipinski definition) is 1. The molecule has 0 atom stereocenters. The zero-order valence-electron chi connectivity index (χ0n) is 13.3. The number of anilines is 1. The highest BCUT2D eigenvalue weighted by Gasteiger charge is 2.20. The first-order valence-corrected chi connectivity index (χ1v) is 7.47. The molecule has 0 aliphatic carbocycles. The molecule has 1 rings (SSSR count). The molecule has 21 heavy (non-hydrogen) atoms. The summed E-state index contributed by atoms with van der Waals surface area (Å²) in [4.78, 5) is 22.4. The van der Waals surface area contributed by atoms with Crippen molar-refractivity contribution in [2.75, 3.05) is 24.7 Å². The molecule has 1 aromatic heterocycles. The summed E-state index contributed by atoms with van der Waals surface area (Å²) in [6.45, 7) is 8.56. The fourth-order valence-electron chi connectivity index (χ4n) is 2.29. The van der Waals surface area contributed by atoms with Gasteiger partial charge >= 0.3 is 5.97 Å². The van der Waals surface area contributed by atoms with E-state index in [2.05, 4.69) is 23.8 Å². The van der Waals surface area contributed by atoms with Crippen LogP contribution in [0.5, 0.6) is 0 Å². The number of carbonyl (C=O) groups is 1. The van der Waals surface area contributed by atoms with Crippen molar-refractivity contribution in [2.45, 2.75) is 46.6 Å². The zero-order valence-corrected chi connectivity index (χ0v) is 13.3. The number of carbonyl (C=O) groups excluding carboxylic acids is 1. The van der Waals surface area contributed by atoms with E-state index in [1.54, 1.807) is 13.8 Å². The van der Waals surface area contributed by atoms with Crippen LogP contribution < -0.4 is 4.90 Å². The van der Waals surface area contributed by atoms with Gasteiger partial charge < -0.3 is 14.7 Å². The summed E-state index contributed by atoms with van der Waals surface area (Å²) in [7, 11) is 0. The molecule has 0 fully saturated rings. The van der Waals surface area contributed by atoms with Gasteiger partial charge in [-0.3, -0.25) is 0 Å². The lowest BCUT2D eigenvalue weighted by molar-refractivity contribution is 0.0524. The smallest absolute Gasteiger partial charge is 0.341 e. The van der Waals surface area contributed by atoms with Crippen LogP contribution in [0.25, 0.3) is 0 Å². The van der Waals surface area contributed by atoms with E-state index in [0.29, 0.717) is 30.4 Å². The Bertz CT molecular complexity index is 461. The number of hydrogen-bond acceptors (Lipinski definition) is 6. The van der Waals surface area contributed by atoms with Gasteiger partial charge in [-0.2, -0.15) is 0 Å². The Hall–Kier alpha value is -1.69. The maximum Gasteiger partial charge on any atom is 0.341 e. The molecule has 0 saturated heterocycles. The lowest BCUT2D eigenvalue weighted by Gasteiger charge is -2.30. The quantitative estimate of drug-likeness (QED) is 0.739. The predicted molar refractivity (Wildman–Crippen MR) is 81.5 cm³/mol. The molecule has 6 heteroatoms. The van der Waals surface area contributed by atoms with E-state index in [-0.39, 0.29) is 12.6 Å². The topological polar surface area (TPSA) is 75.5 Å². The van der Waals surface area contributed by atoms with Crippen LogP contribution in [0.2, 0.25) is 0 Å². The fourth-order valence-corrected chi connectivity index (χ4v) is 2.29. The largest absolute Gasteiger partial charge is 0.462 e.